The lowest BCUT2D eigenvalue weighted by Gasteiger charge is -2.33. The normalized spacial score (nSPS) is 25.4. The molecule has 2 saturated carbocycles. The molecule has 0 N–H and O–H groups in total. The number of nitrogens with zero attached hydrogens (tertiary/aromatic N) is 3. The molecule has 2 aliphatic carbocycles. The van der Waals surface area contributed by atoms with Crippen LogP contribution in [0.1, 0.15) is 37.1 Å². The number of para-hydroxylation sites is 1. The van der Waals surface area contributed by atoms with Gasteiger partial charge < -0.3 is 4.90 Å². The van der Waals surface area contributed by atoms with Crippen LogP contribution in [0.25, 0.3) is 10.2 Å². The first-order valence-corrected chi connectivity index (χ1v) is 10.3. The highest BCUT2D eigenvalue weighted by atomic mass is 127. The van der Waals surface area contributed by atoms with Crippen LogP contribution in [-0.4, -0.2) is 47.5 Å². The molecule has 5 rings (SSSR count). The van der Waals surface area contributed by atoms with Crippen molar-refractivity contribution < 1.29 is 0 Å². The SMILES string of the molecule is CN(CC1CC12CCN(Cc1nc3ccccc3s1)CC2)C1CC1.I. The van der Waals surface area contributed by atoms with Gasteiger partial charge in [0.2, 0.25) is 0 Å². The smallest absolute Gasteiger partial charge is 0.108 e. The van der Waals surface area contributed by atoms with E-state index in [1.54, 1.807) is 0 Å². The van der Waals surface area contributed by atoms with E-state index in [0.717, 1.165) is 24.0 Å². The Morgan fingerprint density at radius 1 is 1.24 bits per heavy atom. The van der Waals surface area contributed by atoms with Crippen LogP contribution >= 0.6 is 35.3 Å². The third kappa shape index (κ3) is 3.75. The number of aromatic nitrogens is 1. The number of thiazole rings is 1. The Morgan fingerprint density at radius 3 is 2.72 bits per heavy atom. The third-order valence-electron chi connectivity index (χ3n) is 6.59. The molecule has 0 radical (unpaired) electrons. The summed E-state index contributed by atoms with van der Waals surface area (Å²) in [5.41, 5.74) is 1.86. The minimum absolute atomic E-state index is 0. The average molecular weight is 469 g/mol. The first-order chi connectivity index (χ1) is 11.7. The fourth-order valence-corrected chi connectivity index (χ4v) is 5.66. The monoisotopic (exact) mass is 469 g/mol. The largest absolute Gasteiger partial charge is 0.303 e. The van der Waals surface area contributed by atoms with E-state index in [1.807, 2.05) is 11.3 Å². The molecule has 1 aromatic carbocycles. The number of piperidine rings is 1. The van der Waals surface area contributed by atoms with Gasteiger partial charge in [0.05, 0.1) is 16.8 Å². The third-order valence-corrected chi connectivity index (χ3v) is 7.61. The molecule has 136 valence electrons. The van der Waals surface area contributed by atoms with E-state index in [2.05, 4.69) is 41.1 Å². The topological polar surface area (TPSA) is 19.4 Å². The summed E-state index contributed by atoms with van der Waals surface area (Å²) in [6, 6.07) is 9.43. The van der Waals surface area contributed by atoms with Crippen molar-refractivity contribution in [3.63, 3.8) is 0 Å². The minimum Gasteiger partial charge on any atom is -0.303 e. The summed E-state index contributed by atoms with van der Waals surface area (Å²) in [7, 11) is 2.34. The molecular formula is C20H28IN3S. The van der Waals surface area contributed by atoms with Crippen molar-refractivity contribution in [2.45, 2.75) is 44.7 Å². The predicted molar refractivity (Wildman–Crippen MR) is 116 cm³/mol. The fourth-order valence-electron chi connectivity index (χ4n) is 4.65. The lowest BCUT2D eigenvalue weighted by molar-refractivity contribution is 0.149. The predicted octanol–water partition coefficient (Wildman–Crippen LogP) is 4.61. The van der Waals surface area contributed by atoms with E-state index >= 15 is 0 Å². The van der Waals surface area contributed by atoms with Crippen molar-refractivity contribution in [2.75, 3.05) is 26.7 Å². The molecule has 3 nitrogen and oxygen atoms in total. The van der Waals surface area contributed by atoms with Gasteiger partial charge in [0.1, 0.15) is 5.01 Å². The molecule has 1 atom stereocenters. The number of benzene rings is 1. The van der Waals surface area contributed by atoms with Crippen molar-refractivity contribution in [3.8, 4) is 0 Å². The Balaban J connectivity index is 0.00000157. The summed E-state index contributed by atoms with van der Waals surface area (Å²) >= 11 is 1.87. The van der Waals surface area contributed by atoms with Crippen molar-refractivity contribution in [2.24, 2.45) is 11.3 Å². The Bertz CT molecular complexity index is 700. The molecule has 25 heavy (non-hydrogen) atoms. The van der Waals surface area contributed by atoms with Crippen LogP contribution in [0.2, 0.25) is 0 Å². The van der Waals surface area contributed by atoms with E-state index in [0.29, 0.717) is 5.41 Å². The highest BCUT2D eigenvalue weighted by Crippen LogP contribution is 2.59. The van der Waals surface area contributed by atoms with Gasteiger partial charge in [-0.3, -0.25) is 4.90 Å². The van der Waals surface area contributed by atoms with E-state index in [1.165, 1.54) is 61.4 Å². The van der Waals surface area contributed by atoms with Crippen molar-refractivity contribution >= 4 is 45.5 Å². The van der Waals surface area contributed by atoms with Gasteiger partial charge in [0.25, 0.3) is 0 Å². The molecule has 1 unspecified atom stereocenters. The quantitative estimate of drug-likeness (QED) is 0.597. The van der Waals surface area contributed by atoms with Gasteiger partial charge in [-0.05, 0) is 75.7 Å². The second-order valence-corrected chi connectivity index (χ2v) is 9.40. The van der Waals surface area contributed by atoms with Crippen molar-refractivity contribution in [3.05, 3.63) is 29.3 Å². The molecule has 2 heterocycles. The number of hydrogen-bond acceptors (Lipinski definition) is 4. The van der Waals surface area contributed by atoms with Crippen molar-refractivity contribution in [1.82, 2.24) is 14.8 Å². The maximum Gasteiger partial charge on any atom is 0.108 e. The van der Waals surface area contributed by atoms with Gasteiger partial charge in [0, 0.05) is 12.6 Å². The standard InChI is InChI=1S/C20H27N3S.HI/c1-22(16-6-7-16)13-15-12-20(15)8-10-23(11-9-20)14-19-21-17-4-2-3-5-18(17)24-19;/h2-5,15-16H,6-14H2,1H3;1H. The maximum absolute atomic E-state index is 4.81. The number of hydrogen-bond donors (Lipinski definition) is 0. The Labute approximate surface area is 171 Å². The van der Waals surface area contributed by atoms with Gasteiger partial charge in [0.15, 0.2) is 0 Å². The number of fused-ring (bicyclic) bond motifs is 1. The van der Waals surface area contributed by atoms with Crippen LogP contribution < -0.4 is 0 Å². The van der Waals surface area contributed by atoms with Gasteiger partial charge in [-0.15, -0.1) is 35.3 Å². The van der Waals surface area contributed by atoms with E-state index < -0.39 is 0 Å². The molecule has 5 heteroatoms. The second-order valence-electron chi connectivity index (χ2n) is 8.29. The molecule has 1 aromatic heterocycles. The van der Waals surface area contributed by atoms with Crippen molar-refractivity contribution in [1.29, 1.82) is 0 Å². The van der Waals surface area contributed by atoms with Gasteiger partial charge in [-0.25, -0.2) is 4.98 Å². The Hall–Kier alpha value is -0.240. The molecule has 1 saturated heterocycles. The zero-order valence-corrected chi connectivity index (χ0v) is 18.1. The number of likely N-dealkylation sites (tertiary alicyclic amines) is 1. The molecule has 1 aliphatic heterocycles. The highest BCUT2D eigenvalue weighted by molar-refractivity contribution is 14.0. The Morgan fingerprint density at radius 2 is 2.00 bits per heavy atom. The van der Waals surface area contributed by atoms with Crippen LogP contribution in [0.3, 0.4) is 0 Å². The number of halogens is 1. The zero-order valence-electron chi connectivity index (χ0n) is 15.0. The van der Waals surface area contributed by atoms with Gasteiger partial charge in [-0.2, -0.15) is 0 Å². The number of rotatable bonds is 5. The van der Waals surface area contributed by atoms with Crippen LogP contribution in [-0.2, 0) is 6.54 Å². The summed E-state index contributed by atoms with van der Waals surface area (Å²) in [5.74, 6) is 0.979. The molecular weight excluding hydrogens is 441 g/mol. The van der Waals surface area contributed by atoms with Crippen LogP contribution in [0, 0.1) is 11.3 Å². The van der Waals surface area contributed by atoms with Crippen LogP contribution in [0.15, 0.2) is 24.3 Å². The summed E-state index contributed by atoms with van der Waals surface area (Å²) in [6.45, 7) is 4.92. The summed E-state index contributed by atoms with van der Waals surface area (Å²) < 4.78 is 1.33. The zero-order chi connectivity index (χ0) is 16.1. The fraction of sp³-hybridized carbons (Fsp3) is 0.650. The average Bonchev–Trinajstić information content (AvgIpc) is 3.49. The molecule has 1 spiro atoms. The Kier molecular flexibility index (Phi) is 5.12. The maximum atomic E-state index is 4.81. The summed E-state index contributed by atoms with van der Waals surface area (Å²) in [6.07, 6.45) is 7.17. The lowest BCUT2D eigenvalue weighted by Crippen LogP contribution is -2.35. The van der Waals surface area contributed by atoms with E-state index in [-0.39, 0.29) is 24.0 Å². The second kappa shape index (κ2) is 7.06. The van der Waals surface area contributed by atoms with Crippen LogP contribution in [0.4, 0.5) is 0 Å². The van der Waals surface area contributed by atoms with Gasteiger partial charge >= 0.3 is 0 Å². The minimum atomic E-state index is 0. The van der Waals surface area contributed by atoms with Crippen LogP contribution in [0.5, 0.6) is 0 Å². The van der Waals surface area contributed by atoms with Gasteiger partial charge in [-0.1, -0.05) is 12.1 Å². The van der Waals surface area contributed by atoms with E-state index in [4.69, 9.17) is 4.98 Å². The molecule has 3 aliphatic rings. The lowest BCUT2D eigenvalue weighted by atomic mass is 9.90. The highest BCUT2D eigenvalue weighted by Gasteiger charge is 2.55. The molecule has 3 fully saturated rings. The first-order valence-electron chi connectivity index (χ1n) is 9.49. The molecule has 2 aromatic rings. The first kappa shape index (κ1) is 18.1. The molecule has 0 amide bonds. The van der Waals surface area contributed by atoms with E-state index in [9.17, 15) is 0 Å². The summed E-state index contributed by atoms with van der Waals surface area (Å²) in [4.78, 5) is 10.1. The molecule has 0 bridgehead atoms. The summed E-state index contributed by atoms with van der Waals surface area (Å²) in [5, 5.41) is 1.29.